The second-order valence-corrected chi connectivity index (χ2v) is 5.73. The number of nitrogens with two attached hydrogens (primary N) is 1. The van der Waals surface area contributed by atoms with Crippen LogP contribution in [0.3, 0.4) is 0 Å². The third-order valence-electron chi connectivity index (χ3n) is 4.44. The second kappa shape index (κ2) is 5.66. The molecule has 3 unspecified atom stereocenters. The fraction of sp³-hybridized carbons (Fsp3) is 0.562. The van der Waals surface area contributed by atoms with Gasteiger partial charge in [-0.1, -0.05) is 38.1 Å². The predicted molar refractivity (Wildman–Crippen MR) is 74.3 cm³/mol. The van der Waals surface area contributed by atoms with E-state index in [0.29, 0.717) is 18.2 Å². The van der Waals surface area contributed by atoms with Crippen LogP contribution in [0.4, 0.5) is 0 Å². The Morgan fingerprint density at radius 2 is 1.83 bits per heavy atom. The van der Waals surface area contributed by atoms with Gasteiger partial charge in [0.25, 0.3) is 0 Å². The van der Waals surface area contributed by atoms with Gasteiger partial charge in [-0.3, -0.25) is 4.79 Å². The molecule has 0 aromatic heterocycles. The summed E-state index contributed by atoms with van der Waals surface area (Å²) in [5.41, 5.74) is 7.49. The lowest BCUT2D eigenvalue weighted by atomic mass is 9.73. The highest BCUT2D eigenvalue weighted by atomic mass is 16.1. The Labute approximate surface area is 110 Å². The molecule has 0 heterocycles. The zero-order chi connectivity index (χ0) is 13.1. The third kappa shape index (κ3) is 2.81. The lowest BCUT2D eigenvalue weighted by molar-refractivity contribution is 0.0837. The maximum Gasteiger partial charge on any atom is 0.165 e. The summed E-state index contributed by atoms with van der Waals surface area (Å²) in [5, 5.41) is 0. The molecule has 0 saturated heterocycles. The van der Waals surface area contributed by atoms with Gasteiger partial charge >= 0.3 is 0 Å². The summed E-state index contributed by atoms with van der Waals surface area (Å²) in [6.45, 7) is 5.09. The molecule has 1 aliphatic rings. The number of benzene rings is 1. The summed E-state index contributed by atoms with van der Waals surface area (Å²) in [6.07, 6.45) is 3.26. The fourth-order valence-corrected chi connectivity index (χ4v) is 2.83. The standard InChI is InChI=1S/C16H23NO/c1-11-3-6-15(9-12(11)2)16(18)14-7-4-13(10-17)5-8-14/h4-5,7-8,11-12,15H,3,6,9-10,17H2,1-2H3. The van der Waals surface area contributed by atoms with Gasteiger partial charge in [-0.15, -0.1) is 0 Å². The number of rotatable bonds is 3. The summed E-state index contributed by atoms with van der Waals surface area (Å²) < 4.78 is 0. The first-order chi connectivity index (χ1) is 8.61. The molecule has 2 nitrogen and oxygen atoms in total. The number of hydrogen-bond acceptors (Lipinski definition) is 2. The van der Waals surface area contributed by atoms with Gasteiger partial charge < -0.3 is 5.73 Å². The Hall–Kier alpha value is -1.15. The SMILES string of the molecule is CC1CCC(C(=O)c2ccc(CN)cc2)CC1C. The molecule has 0 spiro atoms. The van der Waals surface area contributed by atoms with Crippen LogP contribution in [-0.4, -0.2) is 5.78 Å². The van der Waals surface area contributed by atoms with Crippen LogP contribution in [0.2, 0.25) is 0 Å². The van der Waals surface area contributed by atoms with E-state index in [2.05, 4.69) is 13.8 Å². The first-order valence-corrected chi connectivity index (χ1v) is 6.95. The Balaban J connectivity index is 2.06. The van der Waals surface area contributed by atoms with Crippen LogP contribution in [0.25, 0.3) is 0 Å². The molecule has 3 atom stereocenters. The smallest absolute Gasteiger partial charge is 0.165 e. The maximum absolute atomic E-state index is 12.4. The summed E-state index contributed by atoms with van der Waals surface area (Å²) in [5.74, 6) is 1.96. The number of carbonyl (C=O) groups excluding carboxylic acids is 1. The topological polar surface area (TPSA) is 43.1 Å². The van der Waals surface area contributed by atoms with Crippen LogP contribution in [-0.2, 0) is 6.54 Å². The van der Waals surface area contributed by atoms with E-state index in [4.69, 9.17) is 5.73 Å². The van der Waals surface area contributed by atoms with E-state index in [9.17, 15) is 4.79 Å². The van der Waals surface area contributed by atoms with Crippen molar-refractivity contribution in [1.82, 2.24) is 0 Å². The minimum absolute atomic E-state index is 0.222. The summed E-state index contributed by atoms with van der Waals surface area (Å²) in [6, 6.07) is 7.77. The van der Waals surface area contributed by atoms with Crippen molar-refractivity contribution in [2.24, 2.45) is 23.5 Å². The molecule has 98 valence electrons. The van der Waals surface area contributed by atoms with Crippen LogP contribution in [0, 0.1) is 17.8 Å². The molecule has 18 heavy (non-hydrogen) atoms. The summed E-state index contributed by atoms with van der Waals surface area (Å²) in [4.78, 5) is 12.4. The summed E-state index contributed by atoms with van der Waals surface area (Å²) in [7, 11) is 0. The van der Waals surface area contributed by atoms with Crippen molar-refractivity contribution in [3.05, 3.63) is 35.4 Å². The lowest BCUT2D eigenvalue weighted by Crippen LogP contribution is -2.26. The zero-order valence-electron chi connectivity index (χ0n) is 11.4. The monoisotopic (exact) mass is 245 g/mol. The molecule has 2 N–H and O–H groups in total. The molecular weight excluding hydrogens is 222 g/mol. The molecule has 2 rings (SSSR count). The molecule has 1 saturated carbocycles. The molecule has 1 aliphatic carbocycles. The van der Waals surface area contributed by atoms with Crippen LogP contribution in [0.5, 0.6) is 0 Å². The zero-order valence-corrected chi connectivity index (χ0v) is 11.4. The van der Waals surface area contributed by atoms with Crippen molar-refractivity contribution >= 4 is 5.78 Å². The van der Waals surface area contributed by atoms with Gasteiger partial charge in [0.05, 0.1) is 0 Å². The first-order valence-electron chi connectivity index (χ1n) is 6.95. The third-order valence-corrected chi connectivity index (χ3v) is 4.44. The van der Waals surface area contributed by atoms with E-state index in [0.717, 1.165) is 29.9 Å². The number of ketones is 1. The van der Waals surface area contributed by atoms with E-state index in [1.165, 1.54) is 6.42 Å². The van der Waals surface area contributed by atoms with Crippen LogP contribution >= 0.6 is 0 Å². The molecule has 1 fully saturated rings. The van der Waals surface area contributed by atoms with Gasteiger partial charge in [-0.05, 0) is 36.7 Å². The van der Waals surface area contributed by atoms with E-state index < -0.39 is 0 Å². The largest absolute Gasteiger partial charge is 0.326 e. The van der Waals surface area contributed by atoms with Crippen molar-refractivity contribution in [3.63, 3.8) is 0 Å². The van der Waals surface area contributed by atoms with Crippen LogP contribution in [0.1, 0.15) is 49.0 Å². The van der Waals surface area contributed by atoms with Gasteiger partial charge in [0.1, 0.15) is 0 Å². The van der Waals surface area contributed by atoms with E-state index >= 15 is 0 Å². The lowest BCUT2D eigenvalue weighted by Gasteiger charge is -2.31. The van der Waals surface area contributed by atoms with E-state index in [-0.39, 0.29) is 5.92 Å². The molecular formula is C16H23NO. The van der Waals surface area contributed by atoms with Gasteiger partial charge in [-0.25, -0.2) is 0 Å². The first kappa shape index (κ1) is 13.3. The van der Waals surface area contributed by atoms with Gasteiger partial charge in [0, 0.05) is 18.0 Å². The number of hydrogen-bond donors (Lipinski definition) is 1. The highest BCUT2D eigenvalue weighted by Crippen LogP contribution is 2.34. The Bertz CT molecular complexity index is 410. The van der Waals surface area contributed by atoms with Crippen molar-refractivity contribution in [2.45, 2.75) is 39.7 Å². The highest BCUT2D eigenvalue weighted by molar-refractivity contribution is 5.97. The minimum Gasteiger partial charge on any atom is -0.326 e. The fourth-order valence-electron chi connectivity index (χ4n) is 2.83. The Morgan fingerprint density at radius 3 is 2.39 bits per heavy atom. The van der Waals surface area contributed by atoms with Crippen molar-refractivity contribution in [2.75, 3.05) is 0 Å². The molecule has 1 aromatic carbocycles. The quantitative estimate of drug-likeness (QED) is 0.829. The number of Topliss-reactive ketones (excluding diaryl/α,β-unsaturated/α-hetero) is 1. The predicted octanol–water partition coefficient (Wildman–Crippen LogP) is 3.40. The highest BCUT2D eigenvalue weighted by Gasteiger charge is 2.29. The van der Waals surface area contributed by atoms with Gasteiger partial charge in [0.2, 0.25) is 0 Å². The second-order valence-electron chi connectivity index (χ2n) is 5.73. The average Bonchev–Trinajstić information content (AvgIpc) is 2.41. The van der Waals surface area contributed by atoms with Crippen molar-refractivity contribution in [1.29, 1.82) is 0 Å². The molecule has 0 bridgehead atoms. The summed E-state index contributed by atoms with van der Waals surface area (Å²) >= 11 is 0. The van der Waals surface area contributed by atoms with Crippen LogP contribution in [0.15, 0.2) is 24.3 Å². The Kier molecular flexibility index (Phi) is 4.18. The minimum atomic E-state index is 0.222. The van der Waals surface area contributed by atoms with Gasteiger partial charge in [-0.2, -0.15) is 0 Å². The molecule has 2 heteroatoms. The maximum atomic E-state index is 12.4. The molecule has 1 aromatic rings. The van der Waals surface area contributed by atoms with Crippen molar-refractivity contribution in [3.8, 4) is 0 Å². The molecule has 0 amide bonds. The number of carbonyl (C=O) groups is 1. The molecule has 0 radical (unpaired) electrons. The Morgan fingerprint density at radius 1 is 1.17 bits per heavy atom. The molecule has 0 aliphatic heterocycles. The van der Waals surface area contributed by atoms with Crippen LogP contribution < -0.4 is 5.73 Å². The normalized spacial score (nSPS) is 28.1. The van der Waals surface area contributed by atoms with Crippen molar-refractivity contribution < 1.29 is 4.79 Å². The average molecular weight is 245 g/mol. The van der Waals surface area contributed by atoms with E-state index in [1.54, 1.807) is 0 Å². The van der Waals surface area contributed by atoms with Gasteiger partial charge in [0.15, 0.2) is 5.78 Å². The van der Waals surface area contributed by atoms with E-state index in [1.807, 2.05) is 24.3 Å².